The van der Waals surface area contributed by atoms with Crippen molar-refractivity contribution in [2.24, 2.45) is 0 Å². The van der Waals surface area contributed by atoms with Gasteiger partial charge in [-0.3, -0.25) is 0 Å². The van der Waals surface area contributed by atoms with Gasteiger partial charge in [0.2, 0.25) is 0 Å². The van der Waals surface area contributed by atoms with Gasteiger partial charge in [0.15, 0.2) is 0 Å². The quantitative estimate of drug-likeness (QED) is 0.611. The lowest BCUT2D eigenvalue weighted by Crippen LogP contribution is -2.18. The van der Waals surface area contributed by atoms with Gasteiger partial charge in [0, 0.05) is 28.0 Å². The first-order valence-corrected chi connectivity index (χ1v) is 10.6. The highest BCUT2D eigenvalue weighted by Crippen LogP contribution is 2.37. The highest BCUT2D eigenvalue weighted by Gasteiger charge is 2.28. The maximum atomic E-state index is 13.2. The molecule has 0 saturated carbocycles. The van der Waals surface area contributed by atoms with Crippen molar-refractivity contribution in [3.05, 3.63) is 71.0 Å². The molecule has 0 bridgehead atoms. The van der Waals surface area contributed by atoms with Crippen LogP contribution < -0.4 is 4.90 Å². The largest absolute Gasteiger partial charge is 0.345 e. The molecule has 0 fully saturated rings. The first-order chi connectivity index (χ1) is 12.9. The highest BCUT2D eigenvalue weighted by atomic mass is 79.9. The lowest BCUT2D eigenvalue weighted by molar-refractivity contribution is 0.576. The van der Waals surface area contributed by atoms with Crippen LogP contribution in [0.1, 0.15) is 12.5 Å². The first kappa shape index (κ1) is 17.9. The minimum Gasteiger partial charge on any atom is -0.345 e. The molecule has 27 heavy (non-hydrogen) atoms. The number of nitrogens with zero attached hydrogens (tertiary/aromatic N) is 4. The number of anilines is 1. The molecule has 0 saturated heterocycles. The Kier molecular flexibility index (Phi) is 4.39. The van der Waals surface area contributed by atoms with Gasteiger partial charge in [0.1, 0.15) is 10.6 Å². The third-order valence-electron chi connectivity index (χ3n) is 4.56. The van der Waals surface area contributed by atoms with Gasteiger partial charge in [-0.2, -0.15) is 8.42 Å². The van der Waals surface area contributed by atoms with E-state index in [-0.39, 0.29) is 4.90 Å². The van der Waals surface area contributed by atoms with Crippen LogP contribution in [0.4, 0.5) is 5.69 Å². The zero-order valence-electron chi connectivity index (χ0n) is 14.6. The van der Waals surface area contributed by atoms with Crippen LogP contribution in [0.15, 0.2) is 70.3 Å². The van der Waals surface area contributed by atoms with E-state index in [2.05, 4.69) is 32.8 Å². The minimum absolute atomic E-state index is 0.152. The Morgan fingerprint density at radius 1 is 1.22 bits per heavy atom. The summed E-state index contributed by atoms with van der Waals surface area (Å²) in [5.74, 6) is 0. The Hall–Kier alpha value is -2.45. The standard InChI is InChI=1S/C19H17BrN4O2S/c1-13(2)23-9-8-15-10-16(20)19(11-18(15)23)27(25,26)24-12-17(21-22-24)14-6-4-3-5-7-14/h3-7,10-12H,1,8-9H2,2H3. The Morgan fingerprint density at radius 3 is 2.67 bits per heavy atom. The van der Waals surface area contributed by atoms with Crippen molar-refractivity contribution in [2.75, 3.05) is 11.4 Å². The topological polar surface area (TPSA) is 68.1 Å². The number of hydrogen-bond acceptors (Lipinski definition) is 5. The van der Waals surface area contributed by atoms with E-state index >= 15 is 0 Å². The number of fused-ring (bicyclic) bond motifs is 1. The molecule has 0 radical (unpaired) electrons. The predicted octanol–water partition coefficient (Wildman–Crippen LogP) is 3.84. The van der Waals surface area contributed by atoms with E-state index < -0.39 is 10.0 Å². The summed E-state index contributed by atoms with van der Waals surface area (Å²) >= 11 is 3.41. The Balaban J connectivity index is 1.78. The van der Waals surface area contributed by atoms with E-state index in [1.54, 1.807) is 6.07 Å². The predicted molar refractivity (Wildman–Crippen MR) is 108 cm³/mol. The molecule has 0 unspecified atom stereocenters. The van der Waals surface area contributed by atoms with Gasteiger partial charge in [0.05, 0.1) is 6.20 Å². The third-order valence-corrected chi connectivity index (χ3v) is 7.04. The van der Waals surface area contributed by atoms with Crippen molar-refractivity contribution in [1.29, 1.82) is 0 Å². The second-order valence-corrected chi connectivity index (χ2v) is 9.01. The van der Waals surface area contributed by atoms with E-state index in [9.17, 15) is 8.42 Å². The van der Waals surface area contributed by atoms with Crippen LogP contribution >= 0.6 is 15.9 Å². The molecule has 6 nitrogen and oxygen atoms in total. The summed E-state index contributed by atoms with van der Waals surface area (Å²) in [4.78, 5) is 2.18. The van der Waals surface area contributed by atoms with E-state index in [0.29, 0.717) is 10.2 Å². The summed E-state index contributed by atoms with van der Waals surface area (Å²) in [5, 5.41) is 7.87. The average Bonchev–Trinajstić information content (AvgIpc) is 3.29. The maximum Gasteiger partial charge on any atom is 0.285 e. The first-order valence-electron chi connectivity index (χ1n) is 8.37. The van der Waals surface area contributed by atoms with Crippen LogP contribution in [0.25, 0.3) is 11.3 Å². The van der Waals surface area contributed by atoms with Gasteiger partial charge in [-0.25, -0.2) is 0 Å². The maximum absolute atomic E-state index is 13.2. The van der Waals surface area contributed by atoms with Gasteiger partial charge < -0.3 is 4.90 Å². The number of benzene rings is 2. The molecule has 2 heterocycles. The summed E-state index contributed by atoms with van der Waals surface area (Å²) < 4.78 is 27.8. The zero-order valence-corrected chi connectivity index (χ0v) is 17.0. The van der Waals surface area contributed by atoms with Gasteiger partial charge in [0.25, 0.3) is 10.0 Å². The van der Waals surface area contributed by atoms with Crippen molar-refractivity contribution in [2.45, 2.75) is 18.2 Å². The van der Waals surface area contributed by atoms with E-state index in [1.807, 2.05) is 48.2 Å². The number of allylic oxidation sites excluding steroid dienone is 1. The molecule has 0 N–H and O–H groups in total. The van der Waals surface area contributed by atoms with Crippen LogP contribution in [-0.4, -0.2) is 29.4 Å². The molecule has 3 aromatic rings. The smallest absolute Gasteiger partial charge is 0.285 e. The van der Waals surface area contributed by atoms with E-state index in [4.69, 9.17) is 0 Å². The molecule has 0 amide bonds. The van der Waals surface area contributed by atoms with E-state index in [0.717, 1.165) is 39.6 Å². The molecule has 4 rings (SSSR count). The van der Waals surface area contributed by atoms with Crippen molar-refractivity contribution in [3.8, 4) is 11.3 Å². The highest BCUT2D eigenvalue weighted by molar-refractivity contribution is 9.10. The molecule has 0 aliphatic carbocycles. The fourth-order valence-electron chi connectivity index (χ4n) is 3.19. The summed E-state index contributed by atoms with van der Waals surface area (Å²) in [6, 6.07) is 12.9. The lowest BCUT2D eigenvalue weighted by Gasteiger charge is -2.20. The average molecular weight is 445 g/mol. The van der Waals surface area contributed by atoms with Crippen LogP contribution in [0, 0.1) is 0 Å². The molecule has 0 atom stereocenters. The SMILES string of the molecule is C=C(C)N1CCc2cc(Br)c(S(=O)(=O)n3cc(-c4ccccc4)nn3)cc21. The molecular weight excluding hydrogens is 428 g/mol. The Morgan fingerprint density at radius 2 is 1.96 bits per heavy atom. The summed E-state index contributed by atoms with van der Waals surface area (Å²) in [7, 11) is -3.89. The van der Waals surface area contributed by atoms with Crippen LogP contribution in [0.3, 0.4) is 0 Å². The minimum atomic E-state index is -3.89. The molecule has 0 spiro atoms. The molecule has 1 aliphatic heterocycles. The fraction of sp³-hybridized carbons (Fsp3) is 0.158. The van der Waals surface area contributed by atoms with Gasteiger partial charge in [-0.1, -0.05) is 42.1 Å². The van der Waals surface area contributed by atoms with Crippen LogP contribution in [0.2, 0.25) is 0 Å². The molecular formula is C19H17BrN4O2S. The van der Waals surface area contributed by atoms with Gasteiger partial charge in [-0.15, -0.1) is 9.19 Å². The molecule has 1 aliphatic rings. The zero-order chi connectivity index (χ0) is 19.2. The Labute approximate surface area is 166 Å². The normalized spacial score (nSPS) is 13.6. The molecule has 1 aromatic heterocycles. The number of hydrogen-bond donors (Lipinski definition) is 0. The van der Waals surface area contributed by atoms with Crippen molar-refractivity contribution < 1.29 is 8.42 Å². The third kappa shape index (κ3) is 3.08. The number of aromatic nitrogens is 3. The van der Waals surface area contributed by atoms with Crippen LogP contribution in [0.5, 0.6) is 0 Å². The second-order valence-electron chi connectivity index (χ2n) is 6.40. The molecule has 138 valence electrons. The summed E-state index contributed by atoms with van der Waals surface area (Å²) in [6.45, 7) is 6.69. The second kappa shape index (κ2) is 6.61. The van der Waals surface area contributed by atoms with Crippen molar-refractivity contribution in [1.82, 2.24) is 14.4 Å². The van der Waals surface area contributed by atoms with Gasteiger partial charge in [-0.05, 0) is 47.0 Å². The number of halogens is 1. The van der Waals surface area contributed by atoms with Gasteiger partial charge >= 0.3 is 0 Å². The fourth-order valence-corrected chi connectivity index (χ4v) is 5.33. The lowest BCUT2D eigenvalue weighted by atomic mass is 10.2. The van der Waals surface area contributed by atoms with E-state index in [1.165, 1.54) is 6.20 Å². The molecule has 2 aromatic carbocycles. The van der Waals surface area contributed by atoms with Crippen molar-refractivity contribution >= 4 is 31.6 Å². The summed E-state index contributed by atoms with van der Waals surface area (Å²) in [6.07, 6.45) is 2.28. The number of rotatable bonds is 4. The molecule has 8 heteroatoms. The van der Waals surface area contributed by atoms with Crippen molar-refractivity contribution in [3.63, 3.8) is 0 Å². The van der Waals surface area contributed by atoms with Crippen LogP contribution in [-0.2, 0) is 16.4 Å². The summed E-state index contributed by atoms with van der Waals surface area (Å²) in [5.41, 5.74) is 4.15. The Bertz CT molecular complexity index is 1140. The monoisotopic (exact) mass is 444 g/mol.